The highest BCUT2D eigenvalue weighted by Crippen LogP contribution is 2.33. The van der Waals surface area contributed by atoms with E-state index in [9.17, 15) is 24.9 Å². The molecule has 1 aliphatic rings. The summed E-state index contributed by atoms with van der Waals surface area (Å²) in [6.07, 6.45) is 35.1. The molecule has 354 valence electrons. The number of carbonyl (C=O) groups excluding carboxylic acids is 2. The summed E-state index contributed by atoms with van der Waals surface area (Å²) in [5.41, 5.74) is 7.33. The van der Waals surface area contributed by atoms with E-state index in [1.165, 1.54) is 154 Å². The topological polar surface area (TPSA) is 145 Å². The highest BCUT2D eigenvalue weighted by Gasteiger charge is 2.52. The number of nitrogens with zero attached hydrogens (tertiary/aromatic N) is 1. The van der Waals surface area contributed by atoms with Crippen LogP contribution in [0.1, 0.15) is 249 Å². The summed E-state index contributed by atoms with van der Waals surface area (Å²) in [5, 5.41) is 35.3. The molecule has 1 aliphatic heterocycles. The van der Waals surface area contributed by atoms with Crippen molar-refractivity contribution in [2.75, 3.05) is 13.2 Å². The molecule has 0 saturated carbocycles. The van der Waals surface area contributed by atoms with Crippen LogP contribution in [0.5, 0.6) is 0 Å². The summed E-state index contributed by atoms with van der Waals surface area (Å²) in [6, 6.07) is 7.09. The monoisotopic (exact) mass is 858 g/mol. The Morgan fingerprint density at radius 3 is 1.52 bits per heavy atom. The Morgan fingerprint density at radius 2 is 1.10 bits per heavy atom. The van der Waals surface area contributed by atoms with Crippen molar-refractivity contribution < 1.29 is 29.6 Å². The van der Waals surface area contributed by atoms with Gasteiger partial charge in [-0.05, 0) is 37.8 Å². The molecule has 0 radical (unpaired) electrons. The number of aliphatic hydroxyl groups excluding tert-OH is 3. The number of rotatable bonds is 39. The normalized spacial score (nSPS) is 19.6. The molecule has 2 rings (SSSR count). The first-order valence-corrected chi connectivity index (χ1v) is 25.8. The lowest BCUT2D eigenvalue weighted by atomic mass is 9.95. The molecule has 5 atom stereocenters. The third kappa shape index (κ3) is 24.0. The molecule has 1 heterocycles. The van der Waals surface area contributed by atoms with E-state index in [2.05, 4.69) is 19.2 Å². The Balaban J connectivity index is 1.99. The van der Waals surface area contributed by atoms with Crippen LogP contribution in [-0.4, -0.2) is 75.4 Å². The van der Waals surface area contributed by atoms with E-state index in [0.717, 1.165) is 44.1 Å². The number of hydrogen-bond donors (Lipinski definition) is 5. The molecule has 1 aromatic carbocycles. The standard InChI is InChI=1S/C52H95N3O6/c1-4-6-8-10-12-14-16-18-20-22-24-26-28-30-32-36-40-55(49(58)39-33-31-29-27-25-23-21-19-17-15-13-11-9-7-5-2)52(42-47(57)50(59)48(43-56)61-52)54-51(60)46-38-35-34-37-45(46)41-44(3)53/h34-35,37-38,44,47-48,50,56-57,59H,4-33,36,39-43,53H2,1-3H3,(H,54,60)/t44-,47-,48-,50+,52+/m1/s1. The first-order valence-electron chi connectivity index (χ1n) is 25.8. The average Bonchev–Trinajstić information content (AvgIpc) is 3.24. The van der Waals surface area contributed by atoms with Crippen LogP contribution in [0.2, 0.25) is 0 Å². The van der Waals surface area contributed by atoms with Gasteiger partial charge in [-0.25, -0.2) is 0 Å². The molecule has 0 aliphatic carbocycles. The number of ether oxygens (including phenoxy) is 1. The fourth-order valence-corrected chi connectivity index (χ4v) is 9.11. The first kappa shape index (κ1) is 55.1. The summed E-state index contributed by atoms with van der Waals surface area (Å²) in [4.78, 5) is 30.1. The fourth-order valence-electron chi connectivity index (χ4n) is 9.11. The summed E-state index contributed by atoms with van der Waals surface area (Å²) in [7, 11) is 0. The van der Waals surface area contributed by atoms with Crippen LogP contribution < -0.4 is 11.1 Å². The van der Waals surface area contributed by atoms with Crippen molar-refractivity contribution >= 4 is 11.8 Å². The van der Waals surface area contributed by atoms with Crippen molar-refractivity contribution in [1.29, 1.82) is 0 Å². The van der Waals surface area contributed by atoms with Gasteiger partial charge in [0.15, 0.2) is 0 Å². The second-order valence-electron chi connectivity index (χ2n) is 18.7. The maximum Gasteiger partial charge on any atom is 0.255 e. The maximum absolute atomic E-state index is 14.4. The zero-order chi connectivity index (χ0) is 44.4. The van der Waals surface area contributed by atoms with Crippen LogP contribution >= 0.6 is 0 Å². The van der Waals surface area contributed by atoms with Crippen molar-refractivity contribution in [2.45, 2.75) is 269 Å². The zero-order valence-electron chi connectivity index (χ0n) is 39.7. The van der Waals surface area contributed by atoms with Gasteiger partial charge in [0.05, 0.1) is 12.7 Å². The summed E-state index contributed by atoms with van der Waals surface area (Å²) in [5.74, 6) is -2.35. The van der Waals surface area contributed by atoms with Gasteiger partial charge in [0.25, 0.3) is 5.91 Å². The number of benzene rings is 1. The molecule has 1 aromatic rings. The molecule has 9 nitrogen and oxygen atoms in total. The number of unbranched alkanes of at least 4 members (excludes halogenated alkanes) is 29. The van der Waals surface area contributed by atoms with E-state index < -0.39 is 36.7 Å². The van der Waals surface area contributed by atoms with E-state index in [0.29, 0.717) is 31.4 Å². The number of aliphatic hydroxyl groups is 3. The number of carbonyl (C=O) groups is 2. The Morgan fingerprint density at radius 1 is 0.689 bits per heavy atom. The van der Waals surface area contributed by atoms with Crippen LogP contribution in [0.3, 0.4) is 0 Å². The molecule has 6 N–H and O–H groups in total. The van der Waals surface area contributed by atoms with Crippen LogP contribution in [0.4, 0.5) is 0 Å². The molecular weight excluding hydrogens is 763 g/mol. The van der Waals surface area contributed by atoms with Crippen LogP contribution in [-0.2, 0) is 16.0 Å². The smallest absolute Gasteiger partial charge is 0.255 e. The van der Waals surface area contributed by atoms with Gasteiger partial charge in [-0.3, -0.25) is 14.5 Å². The molecule has 61 heavy (non-hydrogen) atoms. The highest BCUT2D eigenvalue weighted by molar-refractivity contribution is 5.96. The minimum Gasteiger partial charge on any atom is -0.394 e. The molecule has 0 unspecified atom stereocenters. The van der Waals surface area contributed by atoms with Gasteiger partial charge < -0.3 is 31.1 Å². The minimum atomic E-state index is -1.74. The molecule has 1 fully saturated rings. The fraction of sp³-hybridized carbons (Fsp3) is 0.846. The third-order valence-electron chi connectivity index (χ3n) is 12.9. The van der Waals surface area contributed by atoms with E-state index in [-0.39, 0.29) is 18.4 Å². The number of nitrogens with one attached hydrogen (secondary N) is 1. The van der Waals surface area contributed by atoms with Gasteiger partial charge in [-0.1, -0.05) is 218 Å². The molecule has 0 aromatic heterocycles. The lowest BCUT2D eigenvalue weighted by molar-refractivity contribution is -0.278. The SMILES string of the molecule is CCCCCCCCCCCCCCCCCCN(C(=O)CCCCCCCCCCCCCCCCC)[C@@]1(NC(=O)c2ccccc2C[C@@H](C)N)C[C@@H](O)[C@H](O)[C@@H](CO)O1. The van der Waals surface area contributed by atoms with Crippen molar-refractivity contribution in [1.82, 2.24) is 10.2 Å². The summed E-state index contributed by atoms with van der Waals surface area (Å²) in [6.45, 7) is 6.18. The second kappa shape index (κ2) is 35.3. The van der Waals surface area contributed by atoms with Gasteiger partial charge in [-0.15, -0.1) is 0 Å². The number of nitrogens with two attached hydrogens (primary N) is 1. The molecular formula is C52H95N3O6. The third-order valence-corrected chi connectivity index (χ3v) is 12.9. The Labute approximate surface area is 374 Å². The zero-order valence-corrected chi connectivity index (χ0v) is 39.7. The quantitative estimate of drug-likeness (QED) is 0.0327. The lowest BCUT2D eigenvalue weighted by Gasteiger charge is -2.50. The van der Waals surface area contributed by atoms with Gasteiger partial charge in [-0.2, -0.15) is 0 Å². The molecule has 2 amide bonds. The molecule has 0 spiro atoms. The highest BCUT2D eigenvalue weighted by atomic mass is 16.6. The number of hydrogen-bond acceptors (Lipinski definition) is 7. The summed E-state index contributed by atoms with van der Waals surface area (Å²) >= 11 is 0. The van der Waals surface area contributed by atoms with Crippen molar-refractivity contribution in [3.05, 3.63) is 35.4 Å². The molecule has 9 heteroatoms. The first-order chi connectivity index (χ1) is 29.7. The molecule has 0 bridgehead atoms. The largest absolute Gasteiger partial charge is 0.394 e. The second-order valence-corrected chi connectivity index (χ2v) is 18.7. The average molecular weight is 858 g/mol. The number of amides is 2. The summed E-state index contributed by atoms with van der Waals surface area (Å²) < 4.78 is 6.40. The van der Waals surface area contributed by atoms with E-state index in [4.69, 9.17) is 10.5 Å². The van der Waals surface area contributed by atoms with Gasteiger partial charge in [0.2, 0.25) is 11.8 Å². The maximum atomic E-state index is 14.4. The predicted molar refractivity (Wildman–Crippen MR) is 253 cm³/mol. The Kier molecular flexibility index (Phi) is 31.9. The Hall–Kier alpha value is -2.04. The van der Waals surface area contributed by atoms with E-state index >= 15 is 0 Å². The van der Waals surface area contributed by atoms with E-state index in [1.54, 1.807) is 17.0 Å². The van der Waals surface area contributed by atoms with Crippen LogP contribution in [0.25, 0.3) is 0 Å². The van der Waals surface area contributed by atoms with Crippen molar-refractivity contribution in [3.63, 3.8) is 0 Å². The van der Waals surface area contributed by atoms with Gasteiger partial charge >= 0.3 is 0 Å². The minimum absolute atomic E-state index is 0.153. The van der Waals surface area contributed by atoms with Crippen molar-refractivity contribution in [2.24, 2.45) is 5.73 Å². The van der Waals surface area contributed by atoms with Gasteiger partial charge in [0, 0.05) is 31.0 Å². The van der Waals surface area contributed by atoms with Gasteiger partial charge in [0.1, 0.15) is 12.2 Å². The Bertz CT molecular complexity index is 1230. The van der Waals surface area contributed by atoms with E-state index in [1.807, 2.05) is 19.1 Å². The van der Waals surface area contributed by atoms with Crippen molar-refractivity contribution in [3.8, 4) is 0 Å². The lowest BCUT2D eigenvalue weighted by Crippen LogP contribution is -2.71. The molecule has 1 saturated heterocycles. The van der Waals surface area contributed by atoms with Crippen LogP contribution in [0, 0.1) is 0 Å². The predicted octanol–water partition coefficient (Wildman–Crippen LogP) is 11.8. The van der Waals surface area contributed by atoms with Crippen LogP contribution in [0.15, 0.2) is 24.3 Å².